The Labute approximate surface area is 332 Å². The van der Waals surface area contributed by atoms with Gasteiger partial charge in [0.2, 0.25) is 5.91 Å². The van der Waals surface area contributed by atoms with E-state index in [2.05, 4.69) is 47.5 Å². The van der Waals surface area contributed by atoms with Crippen molar-refractivity contribution in [3.63, 3.8) is 0 Å². The normalized spacial score (nSPS) is 22.1. The number of halogens is 1. The second kappa shape index (κ2) is 18.4. The third-order valence-corrected chi connectivity index (χ3v) is 12.9. The zero-order valence-corrected chi connectivity index (χ0v) is 34.1. The van der Waals surface area contributed by atoms with Gasteiger partial charge in [0.15, 0.2) is 11.5 Å². The summed E-state index contributed by atoms with van der Waals surface area (Å²) in [5.74, 6) is 0.940. The number of hydrogen-bond donors (Lipinski definition) is 1. The van der Waals surface area contributed by atoms with Crippen LogP contribution in [0.25, 0.3) is 0 Å². The quantitative estimate of drug-likeness (QED) is 0.189. The zero-order valence-electron chi connectivity index (χ0n) is 33.4. The monoisotopic (exact) mass is 770 g/mol. The Balaban J connectivity index is 1.11. The average molecular weight is 771 g/mol. The van der Waals surface area contributed by atoms with Crippen LogP contribution in [0.15, 0.2) is 60.7 Å². The molecule has 0 bridgehead atoms. The van der Waals surface area contributed by atoms with Crippen molar-refractivity contribution in [2.75, 3.05) is 39.8 Å². The van der Waals surface area contributed by atoms with Crippen molar-refractivity contribution < 1.29 is 23.9 Å². The van der Waals surface area contributed by atoms with Crippen LogP contribution in [0.1, 0.15) is 86.6 Å². The number of rotatable bonds is 13. The first-order valence-electron chi connectivity index (χ1n) is 20.3. The lowest BCUT2D eigenvalue weighted by molar-refractivity contribution is -0.144. The first-order chi connectivity index (χ1) is 26.5. The topological polar surface area (TPSA) is 91.4 Å². The highest BCUT2D eigenvalue weighted by molar-refractivity contribution is 6.33. The molecule has 1 saturated carbocycles. The Hall–Kier alpha value is -3.92. The first-order valence-corrected chi connectivity index (χ1v) is 20.6. The summed E-state index contributed by atoms with van der Waals surface area (Å²) < 4.78 is 11.4. The Morgan fingerprint density at radius 2 is 1.69 bits per heavy atom. The molecule has 296 valence electrons. The number of amides is 2. The van der Waals surface area contributed by atoms with Gasteiger partial charge in [0.1, 0.15) is 11.8 Å². The molecule has 9 nitrogen and oxygen atoms in total. The first kappa shape index (κ1) is 40.7. The number of methoxy groups -OCH3 is 1. The maximum absolute atomic E-state index is 14.4. The highest BCUT2D eigenvalue weighted by Gasteiger charge is 2.43. The van der Waals surface area contributed by atoms with Gasteiger partial charge in [-0.3, -0.25) is 14.5 Å². The fraction of sp³-hybridized carbons (Fsp3) is 0.533. The minimum absolute atomic E-state index is 0.0613. The van der Waals surface area contributed by atoms with Crippen LogP contribution in [0.5, 0.6) is 11.5 Å². The molecule has 0 radical (unpaired) electrons. The van der Waals surface area contributed by atoms with Gasteiger partial charge in [-0.2, -0.15) is 0 Å². The molecule has 0 unspecified atom stereocenters. The van der Waals surface area contributed by atoms with Gasteiger partial charge in [0.25, 0.3) is 0 Å². The van der Waals surface area contributed by atoms with Crippen LogP contribution in [0, 0.1) is 19.3 Å². The number of aryl methyl sites for hydroxylation is 3. The molecule has 0 aromatic heterocycles. The predicted molar refractivity (Wildman–Crippen MR) is 218 cm³/mol. The van der Waals surface area contributed by atoms with Gasteiger partial charge in [-0.1, -0.05) is 74.0 Å². The number of nitrogens with one attached hydrogen (secondary N) is 1. The third-order valence-electron chi connectivity index (χ3n) is 12.5. The minimum atomic E-state index is -0.791. The van der Waals surface area contributed by atoms with E-state index in [0.29, 0.717) is 23.3 Å². The lowest BCUT2D eigenvalue weighted by Gasteiger charge is -2.43. The molecule has 2 heterocycles. The molecular formula is C45H59ClN4O5. The van der Waals surface area contributed by atoms with Crippen LogP contribution in [-0.4, -0.2) is 90.4 Å². The largest absolute Gasteiger partial charge is 0.496 e. The van der Waals surface area contributed by atoms with E-state index in [4.69, 9.17) is 21.1 Å². The highest BCUT2D eigenvalue weighted by atomic mass is 35.5. The molecule has 2 saturated heterocycles. The van der Waals surface area contributed by atoms with Gasteiger partial charge < -0.3 is 24.6 Å². The van der Waals surface area contributed by atoms with E-state index in [9.17, 15) is 14.4 Å². The molecule has 3 fully saturated rings. The van der Waals surface area contributed by atoms with Crippen LogP contribution in [-0.2, 0) is 29.0 Å². The van der Waals surface area contributed by atoms with E-state index in [0.717, 1.165) is 79.7 Å². The lowest BCUT2D eigenvalue weighted by Crippen LogP contribution is -2.63. The van der Waals surface area contributed by atoms with E-state index >= 15 is 0 Å². The van der Waals surface area contributed by atoms with Gasteiger partial charge in [0, 0.05) is 38.6 Å². The number of ketones is 1. The maximum atomic E-state index is 14.4. The molecule has 2 aliphatic heterocycles. The molecule has 1 spiro atoms. The van der Waals surface area contributed by atoms with Crippen LogP contribution in [0.4, 0.5) is 4.79 Å². The smallest absolute Gasteiger partial charge is 0.415 e. The summed E-state index contributed by atoms with van der Waals surface area (Å²) >= 11 is 6.55. The van der Waals surface area contributed by atoms with Gasteiger partial charge in [-0.15, -0.1) is 0 Å². The minimum Gasteiger partial charge on any atom is -0.496 e. The summed E-state index contributed by atoms with van der Waals surface area (Å²) in [6.45, 7) is 11.8. The lowest BCUT2D eigenvalue weighted by atomic mass is 9.72. The number of benzene rings is 3. The van der Waals surface area contributed by atoms with Crippen LogP contribution in [0.2, 0.25) is 5.02 Å². The second-order valence-corrected chi connectivity index (χ2v) is 16.4. The summed E-state index contributed by atoms with van der Waals surface area (Å²) in [4.78, 5) is 48.0. The number of likely N-dealkylation sites (tertiary alicyclic amines) is 1. The molecule has 2 amide bonds. The van der Waals surface area contributed by atoms with E-state index in [1.165, 1.54) is 16.9 Å². The third kappa shape index (κ3) is 9.73. The van der Waals surface area contributed by atoms with E-state index in [-0.39, 0.29) is 49.5 Å². The molecule has 3 aliphatic rings. The van der Waals surface area contributed by atoms with Crippen molar-refractivity contribution in [2.45, 2.75) is 110 Å². The summed E-state index contributed by atoms with van der Waals surface area (Å²) in [7, 11) is 1.66. The average Bonchev–Trinajstić information content (AvgIpc) is 3.60. The van der Waals surface area contributed by atoms with Crippen LogP contribution >= 0.6 is 11.6 Å². The highest BCUT2D eigenvalue weighted by Crippen LogP contribution is 2.44. The van der Waals surface area contributed by atoms with Gasteiger partial charge in [-0.05, 0) is 117 Å². The Morgan fingerprint density at radius 3 is 2.40 bits per heavy atom. The second-order valence-electron chi connectivity index (χ2n) is 16.0. The fourth-order valence-corrected chi connectivity index (χ4v) is 9.06. The van der Waals surface area contributed by atoms with Gasteiger partial charge >= 0.3 is 6.09 Å². The summed E-state index contributed by atoms with van der Waals surface area (Å²) in [5.41, 5.74) is 5.66. The Kier molecular flexibility index (Phi) is 13.6. The summed E-state index contributed by atoms with van der Waals surface area (Å²) in [5, 5.41) is 4.12. The number of carbonyl (C=O) groups is 3. The molecule has 1 aliphatic carbocycles. The molecule has 10 heteroatoms. The van der Waals surface area contributed by atoms with Crippen molar-refractivity contribution in [3.8, 4) is 11.5 Å². The molecular weight excluding hydrogens is 712 g/mol. The maximum Gasteiger partial charge on any atom is 0.415 e. The number of carbonyl (C=O) groups excluding carboxylic acids is 3. The summed E-state index contributed by atoms with van der Waals surface area (Å²) in [6.07, 6.45) is 7.21. The van der Waals surface area contributed by atoms with Gasteiger partial charge in [-0.25, -0.2) is 4.79 Å². The van der Waals surface area contributed by atoms with Crippen molar-refractivity contribution in [1.29, 1.82) is 0 Å². The van der Waals surface area contributed by atoms with Crippen molar-refractivity contribution >= 4 is 29.4 Å². The van der Waals surface area contributed by atoms with E-state index in [1.54, 1.807) is 18.1 Å². The molecule has 6 rings (SSSR count). The van der Waals surface area contributed by atoms with Crippen molar-refractivity contribution in [1.82, 2.24) is 20.0 Å². The molecule has 2 atom stereocenters. The Bertz CT molecular complexity index is 1810. The van der Waals surface area contributed by atoms with Gasteiger partial charge in [0.05, 0.1) is 24.7 Å². The number of hydrogen-bond acceptors (Lipinski definition) is 7. The number of piperazine rings is 1. The predicted octanol–water partition coefficient (Wildman–Crippen LogP) is 7.94. The molecule has 3 aromatic rings. The van der Waals surface area contributed by atoms with Crippen molar-refractivity contribution in [2.24, 2.45) is 5.41 Å². The fourth-order valence-electron chi connectivity index (χ4n) is 8.81. The van der Waals surface area contributed by atoms with Crippen molar-refractivity contribution in [3.05, 3.63) is 93.5 Å². The van der Waals surface area contributed by atoms with Crippen LogP contribution < -0.4 is 14.8 Å². The molecule has 55 heavy (non-hydrogen) atoms. The Morgan fingerprint density at radius 1 is 0.927 bits per heavy atom. The molecule has 1 N–H and O–H groups in total. The van der Waals surface area contributed by atoms with Crippen LogP contribution in [0.3, 0.4) is 0 Å². The number of nitrogens with zero attached hydrogens (tertiary/aromatic N) is 3. The SMILES string of the molecule is CCc1ccc(CCC(=O)[C@@H]2CN(C(=O)Oc3ccc(C)c(C)c3Cl)CCN2C(=O)[C@@H](CC)NC2CCC3(CC2)CCN(Cc2ccccc2)C3)cc1OC. The molecule has 3 aromatic carbocycles. The van der Waals surface area contributed by atoms with E-state index < -0.39 is 18.2 Å². The number of Topliss-reactive ketones (excluding diaryl/α,β-unsaturated/α-hetero) is 1. The number of ether oxygens (including phenoxy) is 2. The summed E-state index contributed by atoms with van der Waals surface area (Å²) in [6, 6.07) is 19.4. The zero-order chi connectivity index (χ0) is 39.1. The standard InChI is InChI=1S/C45H59ClN4O5/c1-6-35-16-14-33(27-41(35)54-5)15-17-39(51)38-29-49(44(53)55-40-18-13-31(3)32(4)42(40)46)25-26-50(38)43(52)37(7-2)47-36-19-21-45(22-20-36)23-24-48(30-45)28-34-11-9-8-10-12-34/h8-14,16,18,27,36-38,47H,6-7,15,17,19-26,28-30H2,1-5H3/t36?,37-,38+,45?/m1/s1. The van der Waals surface area contributed by atoms with E-state index in [1.807, 2.05) is 45.0 Å².